The maximum atomic E-state index is 10.4. The van der Waals surface area contributed by atoms with Gasteiger partial charge in [-0.15, -0.1) is 0 Å². The number of hydrogen-bond donors (Lipinski definition) is 1. The maximum Gasteiger partial charge on any atom is 0.303 e. The van der Waals surface area contributed by atoms with Crippen molar-refractivity contribution in [2.45, 2.75) is 109 Å². The molecular weight excluding hydrogens is 312 g/mol. The highest BCUT2D eigenvalue weighted by Crippen LogP contribution is 2.19. The van der Waals surface area contributed by atoms with E-state index in [0.717, 1.165) is 12.8 Å². The van der Waals surface area contributed by atoms with Crippen molar-refractivity contribution in [1.29, 1.82) is 0 Å². The van der Waals surface area contributed by atoms with Gasteiger partial charge in [-0.1, -0.05) is 90.1 Å². The third-order valence-electron chi connectivity index (χ3n) is 4.16. The first-order valence-electron chi connectivity index (χ1n) is 9.32. The summed E-state index contributed by atoms with van der Waals surface area (Å²) in [5.41, 5.74) is 0. The Morgan fingerprint density at radius 2 is 1.05 bits per heavy atom. The molecule has 0 aliphatic rings. The number of hydrogen-bond acceptors (Lipinski definition) is 1. The molecule has 0 aromatic carbocycles. The third kappa shape index (κ3) is 20.0. The summed E-state index contributed by atoms with van der Waals surface area (Å²) in [5.74, 6) is -0.659. The van der Waals surface area contributed by atoms with E-state index in [1.165, 1.54) is 76.7 Å². The van der Waals surface area contributed by atoms with E-state index in [9.17, 15) is 4.79 Å². The average Bonchev–Trinajstić information content (AvgIpc) is 2.41. The van der Waals surface area contributed by atoms with Crippen LogP contribution < -0.4 is 0 Å². The molecule has 0 aromatic heterocycles. The van der Waals surface area contributed by atoms with Gasteiger partial charge < -0.3 is 5.11 Å². The van der Waals surface area contributed by atoms with Crippen LogP contribution in [0.5, 0.6) is 0 Å². The van der Waals surface area contributed by atoms with E-state index >= 15 is 0 Å². The number of unbranched alkanes of at least 4 members (excludes halogenated alkanes) is 12. The minimum Gasteiger partial charge on any atom is -0.481 e. The lowest BCUT2D eigenvalue weighted by Gasteiger charge is -2.11. The van der Waals surface area contributed by atoms with Crippen molar-refractivity contribution in [3.63, 3.8) is 0 Å². The number of carboxylic acids is 1. The molecule has 0 saturated carbocycles. The van der Waals surface area contributed by atoms with Crippen molar-refractivity contribution in [3.8, 4) is 0 Å². The fourth-order valence-corrected chi connectivity index (χ4v) is 4.26. The molecule has 22 heavy (non-hydrogen) atoms. The molecule has 0 atom stereocenters. The molecule has 0 bridgehead atoms. The Hall–Kier alpha value is -0.0231. The van der Waals surface area contributed by atoms with Crippen molar-refractivity contribution in [2.75, 3.05) is 0 Å². The van der Waals surface area contributed by atoms with E-state index in [2.05, 4.69) is 13.1 Å². The van der Waals surface area contributed by atoms with Crippen molar-refractivity contribution in [3.05, 3.63) is 0 Å². The molecule has 132 valence electrons. The predicted octanol–water partition coefficient (Wildman–Crippen LogP) is 6.98. The summed E-state index contributed by atoms with van der Waals surface area (Å²) in [5, 5.41) is 8.54. The van der Waals surface area contributed by atoms with Crippen molar-refractivity contribution >= 4 is 24.4 Å². The number of aliphatic carboxylic acids is 1. The van der Waals surface area contributed by atoms with Gasteiger partial charge in [-0.05, 0) is 12.5 Å². The maximum absolute atomic E-state index is 10.4. The topological polar surface area (TPSA) is 37.3 Å². The summed E-state index contributed by atoms with van der Waals surface area (Å²) in [6.45, 7) is 4.47. The fraction of sp³-hybridized carbons (Fsp3) is 0.944. The van der Waals surface area contributed by atoms with E-state index < -0.39 is 13.4 Å². The summed E-state index contributed by atoms with van der Waals surface area (Å²) < 4.78 is 0. The molecule has 0 aromatic rings. The molecule has 0 fully saturated rings. The SMILES string of the molecule is C[Si](C)(Cl)CCCCCCCCCCCCCCCC(=O)O. The Balaban J connectivity index is 3.04. The summed E-state index contributed by atoms with van der Waals surface area (Å²) in [6.07, 6.45) is 17.0. The lowest BCUT2D eigenvalue weighted by molar-refractivity contribution is -0.137. The first-order valence-corrected chi connectivity index (χ1v) is 13.5. The molecule has 0 spiro atoms. The van der Waals surface area contributed by atoms with Gasteiger partial charge in [-0.25, -0.2) is 0 Å². The standard InChI is InChI=1S/C18H37ClO2Si/c1-22(2,19)17-15-13-11-9-7-5-3-4-6-8-10-12-14-16-18(20)21/h3-17H2,1-2H3,(H,20,21). The van der Waals surface area contributed by atoms with E-state index in [1.54, 1.807) is 0 Å². The second-order valence-electron chi connectivity index (χ2n) is 7.21. The number of carboxylic acid groups (broad SMARTS) is 1. The first-order chi connectivity index (χ1) is 10.4. The Morgan fingerprint density at radius 1 is 0.727 bits per heavy atom. The largest absolute Gasteiger partial charge is 0.481 e. The zero-order chi connectivity index (χ0) is 16.7. The zero-order valence-electron chi connectivity index (χ0n) is 14.8. The van der Waals surface area contributed by atoms with Crippen LogP contribution in [0, 0.1) is 0 Å². The summed E-state index contributed by atoms with van der Waals surface area (Å²) >= 11 is 6.31. The Kier molecular flexibility index (Phi) is 14.5. The van der Waals surface area contributed by atoms with Crippen LogP contribution in [-0.4, -0.2) is 18.5 Å². The van der Waals surface area contributed by atoms with Crippen molar-refractivity contribution in [1.82, 2.24) is 0 Å². The van der Waals surface area contributed by atoms with Crippen LogP contribution in [0.3, 0.4) is 0 Å². The fourth-order valence-electron chi connectivity index (χ4n) is 2.77. The molecule has 0 aliphatic heterocycles. The van der Waals surface area contributed by atoms with Crippen LogP contribution in [-0.2, 0) is 4.79 Å². The minimum atomic E-state index is -1.32. The molecule has 0 unspecified atom stereocenters. The van der Waals surface area contributed by atoms with Crippen molar-refractivity contribution < 1.29 is 9.90 Å². The molecule has 4 heteroatoms. The number of rotatable bonds is 16. The van der Waals surface area contributed by atoms with Gasteiger partial charge in [0.05, 0.1) is 0 Å². The van der Waals surface area contributed by atoms with Crippen LogP contribution in [0.2, 0.25) is 19.1 Å². The highest BCUT2D eigenvalue weighted by molar-refractivity contribution is 7.19. The van der Waals surface area contributed by atoms with Gasteiger partial charge in [-0.3, -0.25) is 4.79 Å². The van der Waals surface area contributed by atoms with E-state index in [1.807, 2.05) is 0 Å². The molecule has 0 radical (unpaired) electrons. The van der Waals surface area contributed by atoms with Crippen molar-refractivity contribution in [2.24, 2.45) is 0 Å². The second-order valence-corrected chi connectivity index (χ2v) is 14.2. The van der Waals surface area contributed by atoms with E-state index in [-0.39, 0.29) is 0 Å². The predicted molar refractivity (Wildman–Crippen MR) is 100 cm³/mol. The molecule has 0 heterocycles. The molecule has 2 nitrogen and oxygen atoms in total. The first kappa shape index (κ1) is 22.0. The molecule has 0 aliphatic carbocycles. The van der Waals surface area contributed by atoms with Gasteiger partial charge in [0, 0.05) is 6.42 Å². The van der Waals surface area contributed by atoms with Gasteiger partial charge in [0.1, 0.15) is 7.38 Å². The van der Waals surface area contributed by atoms with Crippen LogP contribution in [0.4, 0.5) is 0 Å². The lowest BCUT2D eigenvalue weighted by Crippen LogP contribution is -2.14. The van der Waals surface area contributed by atoms with E-state index in [4.69, 9.17) is 16.2 Å². The van der Waals surface area contributed by atoms with Crippen LogP contribution >= 0.6 is 11.1 Å². The average molecular weight is 349 g/mol. The summed E-state index contributed by atoms with van der Waals surface area (Å²) in [6, 6.07) is 1.26. The molecular formula is C18H37ClO2Si. The number of halogens is 1. The Labute approximate surface area is 143 Å². The van der Waals surface area contributed by atoms with Crippen LogP contribution in [0.15, 0.2) is 0 Å². The molecule has 0 rings (SSSR count). The Morgan fingerprint density at radius 3 is 1.36 bits per heavy atom. The smallest absolute Gasteiger partial charge is 0.303 e. The van der Waals surface area contributed by atoms with Gasteiger partial charge in [-0.2, -0.15) is 11.1 Å². The minimum absolute atomic E-state index is 0.338. The third-order valence-corrected chi connectivity index (χ3v) is 6.27. The highest BCUT2D eigenvalue weighted by Gasteiger charge is 2.15. The van der Waals surface area contributed by atoms with Gasteiger partial charge in [0.2, 0.25) is 0 Å². The normalized spacial score (nSPS) is 11.8. The zero-order valence-corrected chi connectivity index (χ0v) is 16.6. The monoisotopic (exact) mass is 348 g/mol. The van der Waals surface area contributed by atoms with Crippen LogP contribution in [0.25, 0.3) is 0 Å². The van der Waals surface area contributed by atoms with Crippen LogP contribution in [0.1, 0.15) is 89.9 Å². The highest BCUT2D eigenvalue weighted by atomic mass is 35.6. The van der Waals surface area contributed by atoms with Gasteiger partial charge >= 0.3 is 5.97 Å². The second kappa shape index (κ2) is 14.6. The van der Waals surface area contributed by atoms with E-state index in [0.29, 0.717) is 6.42 Å². The molecule has 0 amide bonds. The summed E-state index contributed by atoms with van der Waals surface area (Å²) in [7, 11) is -1.32. The summed E-state index contributed by atoms with van der Waals surface area (Å²) in [4.78, 5) is 10.4. The van der Waals surface area contributed by atoms with Gasteiger partial charge in [0.25, 0.3) is 0 Å². The Bertz CT molecular complexity index is 264. The number of carbonyl (C=O) groups is 1. The lowest BCUT2D eigenvalue weighted by atomic mass is 10.0. The molecule has 0 saturated heterocycles. The quantitative estimate of drug-likeness (QED) is 0.185. The molecule has 1 N–H and O–H groups in total. The van der Waals surface area contributed by atoms with Gasteiger partial charge in [0.15, 0.2) is 0 Å².